The largest absolute Gasteiger partial charge is 0.379 e. The van der Waals surface area contributed by atoms with E-state index in [-0.39, 0.29) is 36.9 Å². The Morgan fingerprint density at radius 2 is 1.83 bits per heavy atom. The van der Waals surface area contributed by atoms with Crippen LogP contribution in [0.2, 0.25) is 0 Å². The third-order valence-electron chi connectivity index (χ3n) is 4.15. The van der Waals surface area contributed by atoms with E-state index in [9.17, 15) is 27.3 Å². The minimum Gasteiger partial charge on any atom is -0.379 e. The summed E-state index contributed by atoms with van der Waals surface area (Å²) in [6, 6.07) is 6.54. The third kappa shape index (κ3) is 4.55. The number of nitrogens with zero attached hydrogens (tertiary/aromatic N) is 3. The molecule has 0 atom stereocenters. The Balaban J connectivity index is 1.87. The molecule has 0 aliphatic carbocycles. The van der Waals surface area contributed by atoms with Crippen LogP contribution in [0.5, 0.6) is 0 Å². The van der Waals surface area contributed by atoms with E-state index >= 15 is 0 Å². The number of anilines is 1. The predicted molar refractivity (Wildman–Crippen MR) is 100 cm³/mol. The van der Waals surface area contributed by atoms with Gasteiger partial charge in [0.05, 0.1) is 34.8 Å². The maximum absolute atomic E-state index is 13.6. The van der Waals surface area contributed by atoms with Crippen LogP contribution in [0, 0.1) is 21.7 Å². The fraction of sp³-hybridized carbons (Fsp3) is 0.235. The molecule has 1 fully saturated rings. The van der Waals surface area contributed by atoms with Gasteiger partial charge in [0.2, 0.25) is 10.0 Å². The fourth-order valence-electron chi connectivity index (χ4n) is 2.65. The van der Waals surface area contributed by atoms with Crippen LogP contribution in [-0.4, -0.2) is 50.2 Å². The van der Waals surface area contributed by atoms with Crippen molar-refractivity contribution in [1.29, 1.82) is 0 Å². The first-order chi connectivity index (χ1) is 13.8. The average Bonchev–Trinajstić information content (AvgIpc) is 2.70. The highest BCUT2D eigenvalue weighted by molar-refractivity contribution is 7.89. The number of rotatable bonds is 6. The summed E-state index contributed by atoms with van der Waals surface area (Å²) >= 11 is 0. The number of ether oxygens (including phenoxy) is 1. The van der Waals surface area contributed by atoms with Crippen molar-refractivity contribution in [2.24, 2.45) is 5.10 Å². The lowest BCUT2D eigenvalue weighted by Gasteiger charge is -2.26. The second-order valence-electron chi connectivity index (χ2n) is 5.96. The number of benzene rings is 2. The molecule has 2 aromatic carbocycles. The first-order valence-corrected chi connectivity index (χ1v) is 9.84. The molecule has 0 saturated carbocycles. The number of morpholine rings is 1. The van der Waals surface area contributed by atoms with E-state index in [4.69, 9.17) is 4.74 Å². The standard InChI is InChI=1S/C17H16F2N4O5S/c18-14-2-1-3-15(19)13(14)11-20-21-16-5-4-12(10-17(16)23(24)25)29(26,27)22-6-8-28-9-7-22/h1-5,10-11,21H,6-9H2/b20-11-. The van der Waals surface area contributed by atoms with Crippen LogP contribution in [0.3, 0.4) is 0 Å². The van der Waals surface area contributed by atoms with Crippen molar-refractivity contribution in [2.75, 3.05) is 31.7 Å². The van der Waals surface area contributed by atoms with Gasteiger partial charge in [0, 0.05) is 19.2 Å². The van der Waals surface area contributed by atoms with E-state index in [1.807, 2.05) is 0 Å². The minimum atomic E-state index is -3.93. The van der Waals surface area contributed by atoms with E-state index in [0.29, 0.717) is 0 Å². The van der Waals surface area contributed by atoms with Crippen molar-refractivity contribution < 1.29 is 26.9 Å². The Labute approximate surface area is 164 Å². The maximum atomic E-state index is 13.6. The van der Waals surface area contributed by atoms with Gasteiger partial charge in [0.1, 0.15) is 17.3 Å². The molecule has 3 rings (SSSR count). The summed E-state index contributed by atoms with van der Waals surface area (Å²) in [4.78, 5) is 10.4. The fourth-order valence-corrected chi connectivity index (χ4v) is 4.08. The highest BCUT2D eigenvalue weighted by Gasteiger charge is 2.28. The zero-order valence-corrected chi connectivity index (χ0v) is 15.7. The second kappa shape index (κ2) is 8.59. The van der Waals surface area contributed by atoms with Crippen LogP contribution < -0.4 is 5.43 Å². The molecular formula is C17H16F2N4O5S. The minimum absolute atomic E-state index is 0.135. The summed E-state index contributed by atoms with van der Waals surface area (Å²) in [6.07, 6.45) is 0.840. The van der Waals surface area contributed by atoms with Gasteiger partial charge in [-0.3, -0.25) is 15.5 Å². The number of hydrogen-bond donors (Lipinski definition) is 1. The maximum Gasteiger partial charge on any atom is 0.295 e. The third-order valence-corrected chi connectivity index (χ3v) is 6.05. The monoisotopic (exact) mass is 426 g/mol. The molecule has 1 aliphatic rings. The second-order valence-corrected chi connectivity index (χ2v) is 7.90. The van der Waals surface area contributed by atoms with Crippen LogP contribution in [-0.2, 0) is 14.8 Å². The molecule has 1 saturated heterocycles. The first-order valence-electron chi connectivity index (χ1n) is 8.40. The predicted octanol–water partition coefficient (Wildman–Crippen LogP) is 2.34. The van der Waals surface area contributed by atoms with Crippen LogP contribution in [0.15, 0.2) is 46.4 Å². The van der Waals surface area contributed by atoms with E-state index in [0.717, 1.165) is 24.4 Å². The Morgan fingerprint density at radius 1 is 1.17 bits per heavy atom. The number of nitro groups is 1. The van der Waals surface area contributed by atoms with Gasteiger partial charge in [-0.05, 0) is 24.3 Å². The Morgan fingerprint density at radius 3 is 2.45 bits per heavy atom. The molecule has 0 unspecified atom stereocenters. The Bertz CT molecular complexity index is 1040. The molecule has 0 radical (unpaired) electrons. The quantitative estimate of drug-likeness (QED) is 0.431. The average molecular weight is 426 g/mol. The molecule has 0 aromatic heterocycles. The lowest BCUT2D eigenvalue weighted by Crippen LogP contribution is -2.40. The summed E-state index contributed by atoms with van der Waals surface area (Å²) in [5.74, 6) is -1.70. The van der Waals surface area contributed by atoms with Crippen molar-refractivity contribution in [3.8, 4) is 0 Å². The molecule has 0 amide bonds. The first kappa shape index (κ1) is 20.8. The van der Waals surface area contributed by atoms with Crippen LogP contribution in [0.25, 0.3) is 0 Å². The highest BCUT2D eigenvalue weighted by atomic mass is 32.2. The van der Waals surface area contributed by atoms with Crippen molar-refractivity contribution in [1.82, 2.24) is 4.31 Å². The Kier molecular flexibility index (Phi) is 6.15. The van der Waals surface area contributed by atoms with E-state index in [1.165, 1.54) is 22.5 Å². The number of nitro benzene ring substituents is 1. The molecule has 9 nitrogen and oxygen atoms in total. The van der Waals surface area contributed by atoms with Crippen molar-refractivity contribution in [2.45, 2.75) is 4.90 Å². The molecule has 154 valence electrons. The Hall–Kier alpha value is -2.96. The lowest BCUT2D eigenvalue weighted by molar-refractivity contribution is -0.384. The highest BCUT2D eigenvalue weighted by Crippen LogP contribution is 2.29. The van der Waals surface area contributed by atoms with Gasteiger partial charge in [-0.25, -0.2) is 17.2 Å². The van der Waals surface area contributed by atoms with Gasteiger partial charge in [-0.2, -0.15) is 9.41 Å². The van der Waals surface area contributed by atoms with E-state index in [2.05, 4.69) is 10.5 Å². The number of hydrazone groups is 1. The van der Waals surface area contributed by atoms with E-state index in [1.54, 1.807) is 0 Å². The molecule has 0 spiro atoms. The van der Waals surface area contributed by atoms with E-state index < -0.39 is 37.8 Å². The zero-order valence-electron chi connectivity index (χ0n) is 14.9. The van der Waals surface area contributed by atoms with Gasteiger partial charge in [0.15, 0.2) is 0 Å². The van der Waals surface area contributed by atoms with Crippen LogP contribution in [0.1, 0.15) is 5.56 Å². The molecule has 0 bridgehead atoms. The zero-order chi connectivity index (χ0) is 21.0. The molecular weight excluding hydrogens is 410 g/mol. The SMILES string of the molecule is O=[N+]([O-])c1cc(S(=O)(=O)N2CCOCC2)ccc1N/N=C\c1c(F)cccc1F. The number of hydrogen-bond acceptors (Lipinski definition) is 7. The van der Waals surface area contributed by atoms with Crippen LogP contribution >= 0.6 is 0 Å². The molecule has 29 heavy (non-hydrogen) atoms. The van der Waals surface area contributed by atoms with Gasteiger partial charge >= 0.3 is 0 Å². The lowest BCUT2D eigenvalue weighted by atomic mass is 10.2. The van der Waals surface area contributed by atoms with Gasteiger partial charge < -0.3 is 4.74 Å². The summed E-state index contributed by atoms with van der Waals surface area (Å²) in [5, 5.41) is 15.0. The molecule has 1 N–H and O–H groups in total. The summed E-state index contributed by atoms with van der Waals surface area (Å²) < 4.78 is 58.8. The van der Waals surface area contributed by atoms with Crippen molar-refractivity contribution in [3.05, 3.63) is 63.7 Å². The summed E-state index contributed by atoms with van der Waals surface area (Å²) in [7, 11) is -3.93. The van der Waals surface area contributed by atoms with Crippen molar-refractivity contribution >= 4 is 27.6 Å². The summed E-state index contributed by atoms with van der Waals surface area (Å²) in [6.45, 7) is 0.772. The molecule has 2 aromatic rings. The van der Waals surface area contributed by atoms with Gasteiger partial charge in [-0.1, -0.05) is 6.07 Å². The molecule has 1 heterocycles. The molecule has 12 heteroatoms. The number of halogens is 2. The van der Waals surface area contributed by atoms with Crippen molar-refractivity contribution in [3.63, 3.8) is 0 Å². The normalized spacial score (nSPS) is 15.5. The van der Waals surface area contributed by atoms with Gasteiger partial charge in [0.25, 0.3) is 5.69 Å². The summed E-state index contributed by atoms with van der Waals surface area (Å²) in [5.41, 5.74) is 1.21. The topological polar surface area (TPSA) is 114 Å². The van der Waals surface area contributed by atoms with Gasteiger partial charge in [-0.15, -0.1) is 0 Å². The molecule has 1 aliphatic heterocycles. The van der Waals surface area contributed by atoms with Crippen LogP contribution in [0.4, 0.5) is 20.2 Å². The number of nitrogens with one attached hydrogen (secondary N) is 1. The smallest absolute Gasteiger partial charge is 0.295 e. The number of sulfonamides is 1.